The number of para-hydroxylation sites is 2. The first-order chi connectivity index (χ1) is 9.95. The Hall–Kier alpha value is -2.08. The standard InChI is InChI=1S/C15H23N3O3/c1-10(2)11(9-16)15(20)18-12-5-3-4-6-13(12)21-8-7-14(17)19/h3-6,10-11H,7-9,16H2,1-2H3,(H2,17,19)(H,18,20). The average molecular weight is 293 g/mol. The van der Waals surface area contributed by atoms with Crippen LogP contribution in [0.4, 0.5) is 5.69 Å². The van der Waals surface area contributed by atoms with Crippen molar-refractivity contribution in [1.29, 1.82) is 0 Å². The Bertz CT molecular complexity index is 489. The van der Waals surface area contributed by atoms with E-state index in [1.54, 1.807) is 24.3 Å². The van der Waals surface area contributed by atoms with Crippen molar-refractivity contribution in [2.24, 2.45) is 23.3 Å². The molecule has 5 N–H and O–H groups in total. The molecular formula is C15H23N3O3. The van der Waals surface area contributed by atoms with E-state index in [0.29, 0.717) is 11.4 Å². The van der Waals surface area contributed by atoms with Gasteiger partial charge in [0, 0.05) is 6.54 Å². The van der Waals surface area contributed by atoms with Crippen molar-refractivity contribution in [3.8, 4) is 5.75 Å². The third-order valence-electron chi connectivity index (χ3n) is 3.15. The summed E-state index contributed by atoms with van der Waals surface area (Å²) in [5, 5.41) is 2.82. The molecule has 0 heterocycles. The van der Waals surface area contributed by atoms with Gasteiger partial charge in [-0.1, -0.05) is 26.0 Å². The number of rotatable bonds is 8. The van der Waals surface area contributed by atoms with Crippen LogP contribution in [0.5, 0.6) is 5.75 Å². The SMILES string of the molecule is CC(C)C(CN)C(=O)Nc1ccccc1OCCC(N)=O. The van der Waals surface area contributed by atoms with Gasteiger partial charge in [0.15, 0.2) is 0 Å². The smallest absolute Gasteiger partial charge is 0.229 e. The van der Waals surface area contributed by atoms with Gasteiger partial charge in [-0.05, 0) is 18.1 Å². The molecule has 1 atom stereocenters. The van der Waals surface area contributed by atoms with Crippen LogP contribution in [0.3, 0.4) is 0 Å². The maximum absolute atomic E-state index is 12.2. The molecule has 0 saturated carbocycles. The van der Waals surface area contributed by atoms with Crippen molar-refractivity contribution < 1.29 is 14.3 Å². The Balaban J connectivity index is 2.74. The van der Waals surface area contributed by atoms with Crippen molar-refractivity contribution in [2.75, 3.05) is 18.5 Å². The first kappa shape index (κ1) is 17.0. The lowest BCUT2D eigenvalue weighted by molar-refractivity contribution is -0.121. The minimum atomic E-state index is -0.431. The van der Waals surface area contributed by atoms with Gasteiger partial charge in [0.25, 0.3) is 0 Å². The molecule has 0 aliphatic carbocycles. The molecule has 1 aromatic carbocycles. The van der Waals surface area contributed by atoms with Crippen molar-refractivity contribution in [1.82, 2.24) is 0 Å². The number of nitrogens with one attached hydrogen (secondary N) is 1. The van der Waals surface area contributed by atoms with Crippen LogP contribution in [0.2, 0.25) is 0 Å². The maximum Gasteiger partial charge on any atom is 0.229 e. The van der Waals surface area contributed by atoms with E-state index < -0.39 is 5.91 Å². The van der Waals surface area contributed by atoms with E-state index in [1.165, 1.54) is 0 Å². The van der Waals surface area contributed by atoms with Gasteiger partial charge >= 0.3 is 0 Å². The molecule has 0 bridgehead atoms. The van der Waals surface area contributed by atoms with Crippen LogP contribution in [0, 0.1) is 11.8 Å². The highest BCUT2D eigenvalue weighted by Gasteiger charge is 2.21. The van der Waals surface area contributed by atoms with E-state index in [9.17, 15) is 9.59 Å². The molecule has 0 fully saturated rings. The topological polar surface area (TPSA) is 107 Å². The third-order valence-corrected chi connectivity index (χ3v) is 3.15. The van der Waals surface area contributed by atoms with E-state index in [-0.39, 0.29) is 37.3 Å². The number of anilines is 1. The van der Waals surface area contributed by atoms with Crippen molar-refractivity contribution in [2.45, 2.75) is 20.3 Å². The van der Waals surface area contributed by atoms with Gasteiger partial charge in [0.2, 0.25) is 11.8 Å². The van der Waals surface area contributed by atoms with Crippen LogP contribution < -0.4 is 21.5 Å². The zero-order valence-corrected chi connectivity index (χ0v) is 12.5. The second kappa shape index (κ2) is 8.26. The number of ether oxygens (including phenoxy) is 1. The highest BCUT2D eigenvalue weighted by Crippen LogP contribution is 2.25. The van der Waals surface area contributed by atoms with E-state index in [4.69, 9.17) is 16.2 Å². The first-order valence-electron chi connectivity index (χ1n) is 6.96. The van der Waals surface area contributed by atoms with Crippen molar-refractivity contribution in [3.05, 3.63) is 24.3 Å². The fourth-order valence-corrected chi connectivity index (χ4v) is 1.86. The monoisotopic (exact) mass is 293 g/mol. The summed E-state index contributed by atoms with van der Waals surface area (Å²) in [4.78, 5) is 22.9. The third kappa shape index (κ3) is 5.43. The Morgan fingerprint density at radius 2 is 1.95 bits per heavy atom. The van der Waals surface area contributed by atoms with Crippen molar-refractivity contribution in [3.63, 3.8) is 0 Å². The Morgan fingerprint density at radius 3 is 2.52 bits per heavy atom. The lowest BCUT2D eigenvalue weighted by atomic mass is 9.95. The fraction of sp³-hybridized carbons (Fsp3) is 0.467. The molecule has 0 saturated heterocycles. The summed E-state index contributed by atoms with van der Waals surface area (Å²) in [6, 6.07) is 7.05. The molecule has 1 unspecified atom stereocenters. The fourth-order valence-electron chi connectivity index (χ4n) is 1.86. The number of amides is 2. The molecule has 21 heavy (non-hydrogen) atoms. The summed E-state index contributed by atoms with van der Waals surface area (Å²) in [5.74, 6) is -0.175. The highest BCUT2D eigenvalue weighted by molar-refractivity contribution is 5.94. The van der Waals surface area contributed by atoms with Gasteiger partial charge in [0.1, 0.15) is 5.75 Å². The summed E-state index contributed by atoms with van der Waals surface area (Å²) in [6.45, 7) is 4.36. The summed E-state index contributed by atoms with van der Waals surface area (Å²) < 4.78 is 5.48. The zero-order chi connectivity index (χ0) is 15.8. The van der Waals surface area contributed by atoms with E-state index in [2.05, 4.69) is 5.32 Å². The van der Waals surface area contributed by atoms with Gasteiger partial charge < -0.3 is 21.5 Å². The van der Waals surface area contributed by atoms with Gasteiger partial charge in [0.05, 0.1) is 24.6 Å². The zero-order valence-electron chi connectivity index (χ0n) is 12.5. The highest BCUT2D eigenvalue weighted by atomic mass is 16.5. The summed E-state index contributed by atoms with van der Waals surface area (Å²) in [6.07, 6.45) is 0.125. The lowest BCUT2D eigenvalue weighted by Crippen LogP contribution is -2.33. The largest absolute Gasteiger partial charge is 0.491 e. The number of carbonyl (C=O) groups excluding carboxylic acids is 2. The lowest BCUT2D eigenvalue weighted by Gasteiger charge is -2.19. The van der Waals surface area contributed by atoms with Gasteiger partial charge in [-0.25, -0.2) is 0 Å². The second-order valence-corrected chi connectivity index (χ2v) is 5.14. The normalized spacial score (nSPS) is 12.0. The number of carbonyl (C=O) groups is 2. The molecule has 0 spiro atoms. The summed E-state index contributed by atoms with van der Waals surface area (Å²) in [5.41, 5.74) is 11.3. The van der Waals surface area contributed by atoms with Crippen LogP contribution >= 0.6 is 0 Å². The second-order valence-electron chi connectivity index (χ2n) is 5.14. The minimum absolute atomic E-state index is 0.125. The predicted molar refractivity (Wildman–Crippen MR) is 81.8 cm³/mol. The molecule has 1 aromatic rings. The number of primary amides is 1. The predicted octanol–water partition coefficient (Wildman–Crippen LogP) is 1.11. The van der Waals surface area contributed by atoms with Crippen molar-refractivity contribution >= 4 is 17.5 Å². The van der Waals surface area contributed by atoms with Gasteiger partial charge in [-0.2, -0.15) is 0 Å². The molecule has 6 heteroatoms. The number of hydrogen-bond donors (Lipinski definition) is 3. The molecule has 0 aliphatic rings. The van der Waals surface area contributed by atoms with Gasteiger partial charge in [-0.3, -0.25) is 9.59 Å². The molecule has 0 radical (unpaired) electrons. The molecule has 1 rings (SSSR count). The first-order valence-corrected chi connectivity index (χ1v) is 6.96. The molecule has 6 nitrogen and oxygen atoms in total. The molecule has 2 amide bonds. The molecular weight excluding hydrogens is 270 g/mol. The number of nitrogens with two attached hydrogens (primary N) is 2. The number of benzene rings is 1. The van der Waals surface area contributed by atoms with Crippen LogP contribution in [-0.2, 0) is 9.59 Å². The average Bonchev–Trinajstić information content (AvgIpc) is 2.40. The Kier molecular flexibility index (Phi) is 6.68. The molecule has 116 valence electrons. The molecule has 0 aliphatic heterocycles. The van der Waals surface area contributed by atoms with Gasteiger partial charge in [-0.15, -0.1) is 0 Å². The van der Waals surface area contributed by atoms with Crippen LogP contribution in [0.15, 0.2) is 24.3 Å². The summed E-state index contributed by atoms with van der Waals surface area (Å²) >= 11 is 0. The Morgan fingerprint density at radius 1 is 1.29 bits per heavy atom. The van der Waals surface area contributed by atoms with Crippen LogP contribution in [0.1, 0.15) is 20.3 Å². The number of hydrogen-bond acceptors (Lipinski definition) is 4. The van der Waals surface area contributed by atoms with Crippen LogP contribution in [-0.4, -0.2) is 25.0 Å². The maximum atomic E-state index is 12.2. The quantitative estimate of drug-likeness (QED) is 0.667. The minimum Gasteiger partial charge on any atom is -0.491 e. The van der Waals surface area contributed by atoms with E-state index in [1.807, 2.05) is 13.8 Å². The van der Waals surface area contributed by atoms with E-state index in [0.717, 1.165) is 0 Å². The molecule has 0 aromatic heterocycles. The Labute approximate surface area is 124 Å². The van der Waals surface area contributed by atoms with Crippen LogP contribution in [0.25, 0.3) is 0 Å². The van der Waals surface area contributed by atoms with E-state index >= 15 is 0 Å². The summed E-state index contributed by atoms with van der Waals surface area (Å²) in [7, 11) is 0.